The van der Waals surface area contributed by atoms with E-state index in [0.717, 1.165) is 97.3 Å². The van der Waals surface area contributed by atoms with E-state index < -0.39 is 11.9 Å². The highest BCUT2D eigenvalue weighted by Gasteiger charge is 2.40. The Labute approximate surface area is 397 Å². The van der Waals surface area contributed by atoms with E-state index in [1.54, 1.807) is 42.6 Å². The maximum Gasteiger partial charge on any atom is 0.255 e. The number of benzene rings is 4. The third kappa shape index (κ3) is 10.9. The molecule has 4 aromatic carbocycles. The minimum Gasteiger partial charge on any atom is -0.493 e. The molecule has 8 rings (SSSR count). The Balaban J connectivity index is 0.790. The Morgan fingerprint density at radius 2 is 1.64 bits per heavy atom. The molecular weight excluding hydrogens is 863 g/mol. The number of carbonyl (C=O) groups excluding carboxylic acids is 3. The molecule has 2 aliphatic rings. The van der Waals surface area contributed by atoms with Crippen molar-refractivity contribution in [3.05, 3.63) is 128 Å². The lowest BCUT2D eigenvalue weighted by molar-refractivity contribution is -0.136. The molecule has 1 saturated heterocycles. The first-order valence-electron chi connectivity index (χ1n) is 23.3. The summed E-state index contributed by atoms with van der Waals surface area (Å²) in [6.45, 7) is 7.29. The second kappa shape index (κ2) is 22.0. The van der Waals surface area contributed by atoms with Crippen LogP contribution < -0.4 is 35.5 Å². The van der Waals surface area contributed by atoms with E-state index in [0.29, 0.717) is 35.9 Å². The van der Waals surface area contributed by atoms with Crippen LogP contribution in [0.15, 0.2) is 84.2 Å². The van der Waals surface area contributed by atoms with Crippen LogP contribution in [0.25, 0.3) is 22.0 Å². The van der Waals surface area contributed by atoms with Crippen LogP contribution in [0, 0.1) is 6.92 Å². The quantitative estimate of drug-likeness (QED) is 0.0381. The molecule has 2 aliphatic heterocycles. The number of aromatic nitrogens is 2. The van der Waals surface area contributed by atoms with Crippen molar-refractivity contribution < 1.29 is 28.6 Å². The number of piperidine rings is 1. The summed E-state index contributed by atoms with van der Waals surface area (Å²) in [6, 6.07) is 26.0. The Hall–Kier alpha value is -6.35. The molecule has 1 unspecified atom stereocenters. The highest BCUT2D eigenvalue weighted by molar-refractivity contribution is 7.10. The fourth-order valence-electron chi connectivity index (χ4n) is 9.18. The highest BCUT2D eigenvalue weighted by atomic mass is 32.1. The molecular formula is C53H61N7O6S. The van der Waals surface area contributed by atoms with Crippen molar-refractivity contribution in [2.75, 3.05) is 33.1 Å². The molecule has 2 atom stereocenters. The number of unbranched alkanes of at least 4 members (excludes halogenated alkanes) is 4. The molecule has 0 saturated carbocycles. The van der Waals surface area contributed by atoms with Gasteiger partial charge in [0.2, 0.25) is 11.8 Å². The zero-order chi connectivity index (χ0) is 46.9. The molecule has 2 aromatic heterocycles. The molecule has 350 valence electrons. The number of methoxy groups -OCH3 is 2. The molecule has 0 bridgehead atoms. The van der Waals surface area contributed by atoms with Crippen LogP contribution in [0.3, 0.4) is 0 Å². The minimum atomic E-state index is -0.659. The second-order valence-corrected chi connectivity index (χ2v) is 18.3. The molecule has 14 heteroatoms. The van der Waals surface area contributed by atoms with Gasteiger partial charge in [-0.1, -0.05) is 73.9 Å². The summed E-state index contributed by atoms with van der Waals surface area (Å²) >= 11 is 1.75. The lowest BCUT2D eigenvalue weighted by Gasteiger charge is -2.29. The van der Waals surface area contributed by atoms with Gasteiger partial charge in [0.1, 0.15) is 30.0 Å². The van der Waals surface area contributed by atoms with Crippen molar-refractivity contribution in [3.63, 3.8) is 0 Å². The van der Waals surface area contributed by atoms with Crippen molar-refractivity contribution in [3.8, 4) is 28.4 Å². The lowest BCUT2D eigenvalue weighted by atomic mass is 10.00. The number of amides is 3. The van der Waals surface area contributed by atoms with Gasteiger partial charge in [0.25, 0.3) is 5.91 Å². The number of nitrogens with zero attached hydrogens (tertiary/aromatic N) is 3. The first kappa shape index (κ1) is 47.2. The van der Waals surface area contributed by atoms with Gasteiger partial charge in [0, 0.05) is 46.5 Å². The molecule has 67 heavy (non-hydrogen) atoms. The Morgan fingerprint density at radius 3 is 2.43 bits per heavy atom. The van der Waals surface area contributed by atoms with Gasteiger partial charge in [-0.3, -0.25) is 19.7 Å². The molecule has 3 amide bonds. The number of fused-ring (bicyclic) bond motifs is 2. The molecule has 4 N–H and O–H groups in total. The minimum absolute atomic E-state index is 0.0205. The molecule has 1 fully saturated rings. The fourth-order valence-corrected chi connectivity index (χ4v) is 10.1. The number of hydrogen-bond donors (Lipinski definition) is 4. The van der Waals surface area contributed by atoms with E-state index in [2.05, 4.69) is 88.2 Å². The number of imide groups is 1. The van der Waals surface area contributed by atoms with Gasteiger partial charge in [-0.25, -0.2) is 9.97 Å². The smallest absolute Gasteiger partial charge is 0.255 e. The van der Waals surface area contributed by atoms with Crippen LogP contribution in [0.5, 0.6) is 17.2 Å². The van der Waals surface area contributed by atoms with Crippen molar-refractivity contribution in [1.82, 2.24) is 30.8 Å². The summed E-state index contributed by atoms with van der Waals surface area (Å²) in [5.74, 6) is 2.59. The maximum absolute atomic E-state index is 13.2. The van der Waals surface area contributed by atoms with Crippen molar-refractivity contribution in [2.24, 2.45) is 0 Å². The Kier molecular flexibility index (Phi) is 15.5. The van der Waals surface area contributed by atoms with Gasteiger partial charge in [0.05, 0.1) is 32.3 Å². The van der Waals surface area contributed by atoms with Crippen molar-refractivity contribution in [1.29, 1.82) is 0 Å². The SMILES string of the molecule is CNCc1ccccc1-c1csc([C@@H](C)Nc2nc(C)nc3c(CCCCCCCNCc4ccc(COc5cccc6c5CN(C5CCC(=O)NC5=O)C6=O)cc4)c(OC)c(OC)cc23)c1. The third-order valence-corrected chi connectivity index (χ3v) is 13.8. The normalized spacial score (nSPS) is 15.1. The summed E-state index contributed by atoms with van der Waals surface area (Å²) in [5.41, 5.74) is 9.22. The number of carbonyl (C=O) groups is 3. The number of thiophene rings is 1. The molecule has 0 spiro atoms. The van der Waals surface area contributed by atoms with Crippen LogP contribution in [0.4, 0.5) is 5.82 Å². The van der Waals surface area contributed by atoms with Crippen molar-refractivity contribution in [2.45, 2.75) is 104 Å². The molecule has 0 radical (unpaired) electrons. The number of hydrogen-bond acceptors (Lipinski definition) is 12. The average Bonchev–Trinajstić information content (AvgIpc) is 3.96. The summed E-state index contributed by atoms with van der Waals surface area (Å²) < 4.78 is 18.1. The lowest BCUT2D eigenvalue weighted by Crippen LogP contribution is -2.52. The van der Waals surface area contributed by atoms with Gasteiger partial charge in [-0.2, -0.15) is 0 Å². The number of anilines is 1. The summed E-state index contributed by atoms with van der Waals surface area (Å²) in [6.07, 6.45) is 6.82. The second-order valence-electron chi connectivity index (χ2n) is 17.4. The standard InChI is InChI=1S/C53H61N7O6S/c1-33(47-26-38(32-67-47)39-15-11-10-14-37(39)29-54-3)56-51-42-27-46(64-4)50(65-5)41(49(42)57-34(2)58-51)16-9-7-6-8-12-25-55-28-35-19-21-36(22-20-35)31-66-45-18-13-17-40-43(45)30-60(53(40)63)44-23-24-48(61)59-52(44)62/h10-11,13-15,17-22,26-27,32-33,44,54-55H,6-9,12,16,23-25,28-31H2,1-5H3,(H,56,57,58)(H,59,61,62)/t33-,44?/m1/s1. The molecule has 6 aromatic rings. The number of nitrogens with one attached hydrogen (secondary N) is 4. The first-order valence-corrected chi connectivity index (χ1v) is 24.2. The monoisotopic (exact) mass is 923 g/mol. The number of aryl methyl sites for hydroxylation is 2. The summed E-state index contributed by atoms with van der Waals surface area (Å²) in [5, 5.41) is 16.1. The van der Waals surface area contributed by atoms with Crippen LogP contribution in [0.1, 0.15) is 107 Å². The Bertz CT molecular complexity index is 2720. The third-order valence-electron chi connectivity index (χ3n) is 12.7. The number of rotatable bonds is 22. The van der Waals surface area contributed by atoms with E-state index >= 15 is 0 Å². The van der Waals surface area contributed by atoms with E-state index in [9.17, 15) is 14.4 Å². The molecule has 4 heterocycles. The van der Waals surface area contributed by atoms with E-state index in [1.807, 2.05) is 26.1 Å². The van der Waals surface area contributed by atoms with E-state index in [-0.39, 0.29) is 30.8 Å². The molecule has 13 nitrogen and oxygen atoms in total. The largest absolute Gasteiger partial charge is 0.493 e. The van der Waals surface area contributed by atoms with Gasteiger partial charge >= 0.3 is 0 Å². The summed E-state index contributed by atoms with van der Waals surface area (Å²) in [4.78, 5) is 50.0. The topological polar surface area (TPSA) is 156 Å². The van der Waals surface area contributed by atoms with Crippen LogP contribution in [-0.2, 0) is 42.3 Å². The predicted octanol–water partition coefficient (Wildman–Crippen LogP) is 9.20. The maximum atomic E-state index is 13.2. The fraction of sp³-hybridized carbons (Fsp3) is 0.377. The van der Waals surface area contributed by atoms with Gasteiger partial charge in [-0.05, 0) is 111 Å². The van der Waals surface area contributed by atoms with Crippen LogP contribution in [0.2, 0.25) is 0 Å². The zero-order valence-electron chi connectivity index (χ0n) is 39.1. The van der Waals surface area contributed by atoms with Crippen LogP contribution >= 0.6 is 11.3 Å². The predicted molar refractivity (Wildman–Crippen MR) is 264 cm³/mol. The van der Waals surface area contributed by atoms with Gasteiger partial charge in [-0.15, -0.1) is 11.3 Å². The van der Waals surface area contributed by atoms with E-state index in [1.165, 1.54) is 27.1 Å². The first-order chi connectivity index (χ1) is 32.6. The van der Waals surface area contributed by atoms with Crippen LogP contribution in [-0.4, -0.2) is 66.4 Å². The zero-order valence-corrected chi connectivity index (χ0v) is 39.9. The average molecular weight is 924 g/mol. The molecule has 0 aliphatic carbocycles. The van der Waals surface area contributed by atoms with Crippen molar-refractivity contribution >= 4 is 45.8 Å². The highest BCUT2D eigenvalue weighted by Crippen LogP contribution is 2.41. The Morgan fingerprint density at radius 1 is 0.866 bits per heavy atom. The number of ether oxygens (including phenoxy) is 3. The van der Waals surface area contributed by atoms with E-state index in [4.69, 9.17) is 24.2 Å². The van der Waals surface area contributed by atoms with Gasteiger partial charge < -0.3 is 35.1 Å². The summed E-state index contributed by atoms with van der Waals surface area (Å²) in [7, 11) is 5.36. The van der Waals surface area contributed by atoms with Gasteiger partial charge in [0.15, 0.2) is 11.5 Å².